The number of hydrogen-bond donors (Lipinski definition) is 1. The first-order valence-electron chi connectivity index (χ1n) is 14.2. The highest BCUT2D eigenvalue weighted by Crippen LogP contribution is 2.24. The minimum Gasteiger partial charge on any atom is -0.489 e. The number of likely N-dealkylation sites (N-methyl/N-ethyl adjacent to an activating group) is 1. The molecule has 0 saturated carbocycles. The first-order valence-corrected chi connectivity index (χ1v) is 16.1. The van der Waals surface area contributed by atoms with E-state index in [-0.39, 0.29) is 24.6 Å². The zero-order valence-electron chi connectivity index (χ0n) is 24.7. The number of nitrogens with zero attached hydrogens (tertiary/aromatic N) is 2. The van der Waals surface area contributed by atoms with Crippen molar-refractivity contribution in [2.45, 2.75) is 32.5 Å². The van der Waals surface area contributed by atoms with E-state index < -0.39 is 34.3 Å². The Hall–Kier alpha value is -4.70. The first-order chi connectivity index (χ1) is 21.1. The van der Waals surface area contributed by atoms with Crippen LogP contribution in [-0.2, 0) is 39.2 Å². The Labute approximate surface area is 258 Å². The lowest BCUT2D eigenvalue weighted by Crippen LogP contribution is -2.53. The van der Waals surface area contributed by atoms with Gasteiger partial charge in [-0.1, -0.05) is 72.8 Å². The molecule has 2 amide bonds. The summed E-state index contributed by atoms with van der Waals surface area (Å²) >= 11 is 0. The smallest absolute Gasteiger partial charge is 0.244 e. The van der Waals surface area contributed by atoms with Gasteiger partial charge in [0.15, 0.2) is 0 Å². The maximum absolute atomic E-state index is 14.1. The lowest BCUT2D eigenvalue weighted by atomic mass is 10.0. The van der Waals surface area contributed by atoms with E-state index in [0.29, 0.717) is 24.5 Å². The number of anilines is 1. The highest BCUT2D eigenvalue weighted by molar-refractivity contribution is 7.92. The van der Waals surface area contributed by atoms with Crippen LogP contribution in [0.1, 0.15) is 23.6 Å². The number of benzene rings is 4. The van der Waals surface area contributed by atoms with Gasteiger partial charge in [0.1, 0.15) is 30.8 Å². The summed E-state index contributed by atoms with van der Waals surface area (Å²) in [6, 6.07) is 30.0. The van der Waals surface area contributed by atoms with Crippen molar-refractivity contribution in [2.75, 3.05) is 23.7 Å². The molecule has 0 saturated heterocycles. The Morgan fingerprint density at radius 1 is 0.818 bits per heavy atom. The molecule has 4 aromatic carbocycles. The van der Waals surface area contributed by atoms with Gasteiger partial charge >= 0.3 is 0 Å². The monoisotopic (exact) mass is 617 g/mol. The predicted molar refractivity (Wildman–Crippen MR) is 169 cm³/mol. The summed E-state index contributed by atoms with van der Waals surface area (Å²) in [5, 5.41) is 2.80. The van der Waals surface area contributed by atoms with Crippen molar-refractivity contribution in [3.63, 3.8) is 0 Å². The lowest BCUT2D eigenvalue weighted by Gasteiger charge is -2.33. The summed E-state index contributed by atoms with van der Waals surface area (Å²) in [4.78, 5) is 28.8. The van der Waals surface area contributed by atoms with E-state index in [1.165, 1.54) is 29.2 Å². The number of halogens is 1. The standard InChI is InChI=1S/C34H36FN3O5S/c1-3-36-34(40)32(22-26-10-6-4-7-11-26)37(23-27-14-16-29(35)17-15-27)33(39)24-38(44(2,41)42)30-18-20-31(21-19-30)43-25-28-12-8-5-9-13-28/h4-21,32H,3,22-25H2,1-2H3,(H,36,40)/t32-/m0/s1. The van der Waals surface area contributed by atoms with Gasteiger partial charge in [0, 0.05) is 19.5 Å². The molecule has 0 unspecified atom stereocenters. The zero-order valence-corrected chi connectivity index (χ0v) is 25.5. The van der Waals surface area contributed by atoms with Gasteiger partial charge in [0.25, 0.3) is 0 Å². The Morgan fingerprint density at radius 3 is 1.98 bits per heavy atom. The molecule has 0 aromatic heterocycles. The number of amides is 2. The number of ether oxygens (including phenoxy) is 1. The third-order valence-electron chi connectivity index (χ3n) is 6.94. The second-order valence-electron chi connectivity index (χ2n) is 10.3. The SMILES string of the molecule is CCNC(=O)[C@H](Cc1ccccc1)N(Cc1ccc(F)cc1)C(=O)CN(c1ccc(OCc2ccccc2)cc1)S(C)(=O)=O. The van der Waals surface area contributed by atoms with Gasteiger partial charge in [-0.2, -0.15) is 0 Å². The van der Waals surface area contributed by atoms with Crippen molar-refractivity contribution < 1.29 is 27.1 Å². The Bertz CT molecular complexity index is 1620. The van der Waals surface area contributed by atoms with Gasteiger partial charge in [0.05, 0.1) is 11.9 Å². The number of hydrogen-bond acceptors (Lipinski definition) is 5. The van der Waals surface area contributed by atoms with Crippen LogP contribution in [0.2, 0.25) is 0 Å². The van der Waals surface area contributed by atoms with Crippen LogP contribution in [0.4, 0.5) is 10.1 Å². The van der Waals surface area contributed by atoms with Crippen LogP contribution in [-0.4, -0.2) is 50.5 Å². The first kappa shape index (κ1) is 32.2. The van der Waals surface area contributed by atoms with Crippen LogP contribution in [0.5, 0.6) is 5.75 Å². The van der Waals surface area contributed by atoms with Crippen molar-refractivity contribution in [3.05, 3.63) is 132 Å². The molecule has 230 valence electrons. The molecule has 44 heavy (non-hydrogen) atoms. The number of carbonyl (C=O) groups is 2. The topological polar surface area (TPSA) is 96.0 Å². The maximum Gasteiger partial charge on any atom is 0.244 e. The zero-order chi connectivity index (χ0) is 31.5. The molecule has 0 heterocycles. The van der Waals surface area contributed by atoms with Crippen LogP contribution in [0, 0.1) is 5.82 Å². The third-order valence-corrected chi connectivity index (χ3v) is 8.08. The van der Waals surface area contributed by atoms with Crippen LogP contribution in [0.3, 0.4) is 0 Å². The molecule has 0 aliphatic heterocycles. The molecule has 0 bridgehead atoms. The van der Waals surface area contributed by atoms with Gasteiger partial charge in [-0.3, -0.25) is 13.9 Å². The van der Waals surface area contributed by atoms with E-state index in [4.69, 9.17) is 4.74 Å². The minimum absolute atomic E-state index is 0.0301. The van der Waals surface area contributed by atoms with Crippen LogP contribution in [0.15, 0.2) is 109 Å². The molecule has 8 nitrogen and oxygen atoms in total. The van der Waals surface area contributed by atoms with E-state index >= 15 is 0 Å². The average molecular weight is 618 g/mol. The van der Waals surface area contributed by atoms with Gasteiger partial charge in [0.2, 0.25) is 21.8 Å². The third kappa shape index (κ3) is 9.15. The average Bonchev–Trinajstić information content (AvgIpc) is 3.02. The highest BCUT2D eigenvalue weighted by atomic mass is 32.2. The fraction of sp³-hybridized carbons (Fsp3) is 0.235. The summed E-state index contributed by atoms with van der Waals surface area (Å²) in [6.07, 6.45) is 1.22. The molecule has 4 aromatic rings. The van der Waals surface area contributed by atoms with Gasteiger partial charge < -0.3 is 15.0 Å². The summed E-state index contributed by atoms with van der Waals surface area (Å²) in [5.41, 5.74) is 2.67. The lowest BCUT2D eigenvalue weighted by molar-refractivity contribution is -0.140. The Kier molecular flexibility index (Phi) is 11.1. The van der Waals surface area contributed by atoms with Crippen molar-refractivity contribution in [1.29, 1.82) is 0 Å². The second kappa shape index (κ2) is 15.2. The highest BCUT2D eigenvalue weighted by Gasteiger charge is 2.32. The molecule has 0 radical (unpaired) electrons. The van der Waals surface area contributed by atoms with E-state index in [1.54, 1.807) is 31.2 Å². The summed E-state index contributed by atoms with van der Waals surface area (Å²) in [7, 11) is -3.91. The maximum atomic E-state index is 14.1. The fourth-order valence-corrected chi connectivity index (χ4v) is 5.55. The molecule has 1 atom stereocenters. The van der Waals surface area contributed by atoms with Crippen LogP contribution >= 0.6 is 0 Å². The summed E-state index contributed by atoms with van der Waals surface area (Å²) < 4.78 is 46.5. The molecule has 1 N–H and O–H groups in total. The molecule has 0 aliphatic carbocycles. The fourth-order valence-electron chi connectivity index (χ4n) is 4.70. The molecule has 0 fully saturated rings. The van der Waals surface area contributed by atoms with Gasteiger partial charge in [-0.05, 0) is 60.0 Å². The van der Waals surface area contributed by atoms with Crippen molar-refractivity contribution in [1.82, 2.24) is 10.2 Å². The van der Waals surface area contributed by atoms with Gasteiger partial charge in [-0.15, -0.1) is 0 Å². The van der Waals surface area contributed by atoms with E-state index in [9.17, 15) is 22.4 Å². The molecule has 4 rings (SSSR count). The Morgan fingerprint density at radius 2 is 1.41 bits per heavy atom. The number of nitrogens with one attached hydrogen (secondary N) is 1. The molecule has 0 aliphatic rings. The predicted octanol–water partition coefficient (Wildman–Crippen LogP) is 4.95. The number of rotatable bonds is 14. The molecular weight excluding hydrogens is 581 g/mol. The molecular formula is C34H36FN3O5S. The second-order valence-corrected chi connectivity index (χ2v) is 12.2. The summed E-state index contributed by atoms with van der Waals surface area (Å²) in [5.74, 6) is -0.862. The number of sulfonamides is 1. The largest absolute Gasteiger partial charge is 0.489 e. The normalized spacial score (nSPS) is 11.8. The van der Waals surface area contributed by atoms with Gasteiger partial charge in [-0.25, -0.2) is 12.8 Å². The van der Waals surface area contributed by atoms with E-state index in [1.807, 2.05) is 60.7 Å². The van der Waals surface area contributed by atoms with E-state index in [0.717, 1.165) is 21.7 Å². The van der Waals surface area contributed by atoms with Crippen LogP contribution < -0.4 is 14.4 Å². The Balaban J connectivity index is 1.62. The minimum atomic E-state index is -3.91. The van der Waals surface area contributed by atoms with E-state index in [2.05, 4.69) is 5.32 Å². The number of carbonyl (C=O) groups excluding carboxylic acids is 2. The summed E-state index contributed by atoms with van der Waals surface area (Å²) in [6.45, 7) is 1.89. The molecule has 0 spiro atoms. The van der Waals surface area contributed by atoms with Crippen molar-refractivity contribution in [3.8, 4) is 5.75 Å². The quantitative estimate of drug-likeness (QED) is 0.216. The van der Waals surface area contributed by atoms with Crippen molar-refractivity contribution >= 4 is 27.5 Å². The van der Waals surface area contributed by atoms with Crippen molar-refractivity contribution in [2.24, 2.45) is 0 Å². The van der Waals surface area contributed by atoms with Crippen LogP contribution in [0.25, 0.3) is 0 Å². The molecule has 10 heteroatoms.